The van der Waals surface area contributed by atoms with E-state index in [4.69, 9.17) is 23.2 Å². The van der Waals surface area contributed by atoms with Crippen molar-refractivity contribution in [3.8, 4) is 0 Å². The molecular weight excluding hydrogens is 221 g/mol. The largest absolute Gasteiger partial charge is 0.347 e. The Labute approximate surface area is 93.2 Å². The quantitative estimate of drug-likeness (QED) is 0.797. The molecule has 0 aliphatic rings. The van der Waals surface area contributed by atoms with Crippen molar-refractivity contribution >= 4 is 29.1 Å². The summed E-state index contributed by atoms with van der Waals surface area (Å²) in [7, 11) is 0. The van der Waals surface area contributed by atoms with Gasteiger partial charge in [0, 0.05) is 6.92 Å². The topological polar surface area (TPSA) is 29.1 Å². The summed E-state index contributed by atoms with van der Waals surface area (Å²) in [6.07, 6.45) is 0. The lowest BCUT2D eigenvalue weighted by Gasteiger charge is -2.18. The van der Waals surface area contributed by atoms with Crippen LogP contribution in [0.4, 0.5) is 0 Å². The van der Waals surface area contributed by atoms with Gasteiger partial charge in [-0.2, -0.15) is 0 Å². The maximum atomic E-state index is 10.9. The van der Waals surface area contributed by atoms with Crippen LogP contribution in [0.5, 0.6) is 0 Å². The van der Waals surface area contributed by atoms with E-state index in [0.29, 0.717) is 0 Å². The highest BCUT2D eigenvalue weighted by atomic mass is 35.5. The monoisotopic (exact) mass is 231 g/mol. The number of benzene rings is 1. The first-order valence-electron chi connectivity index (χ1n) is 4.21. The fourth-order valence-corrected chi connectivity index (χ4v) is 1.59. The molecule has 4 heteroatoms. The summed E-state index contributed by atoms with van der Waals surface area (Å²) in [5.74, 6) is -0.148. The summed E-state index contributed by atoms with van der Waals surface area (Å²) >= 11 is 11.5. The number of hydrogen-bond acceptors (Lipinski definition) is 1. The zero-order valence-corrected chi connectivity index (χ0v) is 9.22. The van der Waals surface area contributed by atoms with Gasteiger partial charge in [0.15, 0.2) is 0 Å². The molecule has 1 unspecified atom stereocenters. The Hall–Kier alpha value is -0.730. The van der Waals surface area contributed by atoms with Crippen LogP contribution in [0.15, 0.2) is 30.3 Å². The van der Waals surface area contributed by atoms with Crippen molar-refractivity contribution in [2.45, 2.75) is 17.8 Å². The van der Waals surface area contributed by atoms with Crippen LogP contribution in [0.2, 0.25) is 0 Å². The second-order valence-corrected chi connectivity index (χ2v) is 4.09. The van der Waals surface area contributed by atoms with E-state index in [-0.39, 0.29) is 11.9 Å². The van der Waals surface area contributed by atoms with E-state index < -0.39 is 4.84 Å². The minimum absolute atomic E-state index is 0.148. The van der Waals surface area contributed by atoms with Crippen molar-refractivity contribution in [1.29, 1.82) is 0 Å². The minimum atomic E-state index is -0.652. The van der Waals surface area contributed by atoms with Gasteiger partial charge < -0.3 is 5.32 Å². The highest BCUT2D eigenvalue weighted by molar-refractivity contribution is 6.44. The Balaban J connectivity index is 2.83. The molecule has 0 radical (unpaired) electrons. The third kappa shape index (κ3) is 3.20. The molecule has 0 aromatic heterocycles. The van der Waals surface area contributed by atoms with Gasteiger partial charge in [0.2, 0.25) is 5.91 Å². The Morgan fingerprint density at radius 1 is 1.29 bits per heavy atom. The van der Waals surface area contributed by atoms with Crippen LogP contribution in [-0.4, -0.2) is 10.7 Å². The molecule has 1 aromatic carbocycles. The fourth-order valence-electron chi connectivity index (χ4n) is 1.17. The summed E-state index contributed by atoms with van der Waals surface area (Å²) in [5.41, 5.74) is 0.901. The smallest absolute Gasteiger partial charge is 0.217 e. The first kappa shape index (κ1) is 11.3. The van der Waals surface area contributed by atoms with Crippen LogP contribution >= 0.6 is 23.2 Å². The Morgan fingerprint density at radius 2 is 1.86 bits per heavy atom. The molecule has 0 aliphatic carbocycles. The van der Waals surface area contributed by atoms with E-state index in [1.165, 1.54) is 6.92 Å². The van der Waals surface area contributed by atoms with Crippen LogP contribution in [-0.2, 0) is 4.79 Å². The second kappa shape index (κ2) is 5.23. The van der Waals surface area contributed by atoms with Crippen LogP contribution < -0.4 is 5.32 Å². The number of carbonyl (C=O) groups is 1. The molecule has 0 saturated heterocycles. The highest BCUT2D eigenvalue weighted by Gasteiger charge is 2.19. The lowest BCUT2D eigenvalue weighted by Crippen LogP contribution is -2.30. The SMILES string of the molecule is CC(=O)NC(c1ccccc1)C(Cl)Cl. The normalized spacial score (nSPS) is 12.6. The van der Waals surface area contributed by atoms with Crippen LogP contribution in [0, 0.1) is 0 Å². The zero-order valence-electron chi connectivity index (χ0n) is 7.71. The van der Waals surface area contributed by atoms with E-state index >= 15 is 0 Å². The second-order valence-electron chi connectivity index (χ2n) is 2.92. The van der Waals surface area contributed by atoms with Gasteiger partial charge in [-0.05, 0) is 5.56 Å². The highest BCUT2D eigenvalue weighted by Crippen LogP contribution is 2.23. The molecule has 1 aromatic rings. The Kier molecular flexibility index (Phi) is 4.23. The summed E-state index contributed by atoms with van der Waals surface area (Å²) in [4.78, 5) is 10.3. The number of amides is 1. The van der Waals surface area contributed by atoms with Crippen molar-refractivity contribution < 1.29 is 4.79 Å². The molecule has 0 aliphatic heterocycles. The lowest BCUT2D eigenvalue weighted by atomic mass is 10.1. The molecule has 2 nitrogen and oxygen atoms in total. The number of nitrogens with one attached hydrogen (secondary N) is 1. The number of carbonyl (C=O) groups excluding carboxylic acids is 1. The lowest BCUT2D eigenvalue weighted by molar-refractivity contribution is -0.119. The van der Waals surface area contributed by atoms with Gasteiger partial charge in [0.25, 0.3) is 0 Å². The summed E-state index contributed by atoms with van der Waals surface area (Å²) < 4.78 is 0. The maximum Gasteiger partial charge on any atom is 0.217 e. The van der Waals surface area contributed by atoms with Crippen LogP contribution in [0.3, 0.4) is 0 Å². The maximum absolute atomic E-state index is 10.9. The van der Waals surface area contributed by atoms with Crippen molar-refractivity contribution in [2.24, 2.45) is 0 Å². The molecule has 1 amide bonds. The average Bonchev–Trinajstić information content (AvgIpc) is 2.15. The summed E-state index contributed by atoms with van der Waals surface area (Å²) in [6.45, 7) is 1.44. The van der Waals surface area contributed by atoms with Crippen LogP contribution in [0.25, 0.3) is 0 Å². The average molecular weight is 232 g/mol. The number of halogens is 2. The van der Waals surface area contributed by atoms with Crippen molar-refractivity contribution in [3.05, 3.63) is 35.9 Å². The predicted octanol–water partition coefficient (Wildman–Crippen LogP) is 2.67. The first-order valence-corrected chi connectivity index (χ1v) is 5.08. The molecule has 1 rings (SSSR count). The first-order chi connectivity index (χ1) is 6.61. The van der Waals surface area contributed by atoms with Gasteiger partial charge in [0.05, 0.1) is 6.04 Å². The number of rotatable bonds is 3. The van der Waals surface area contributed by atoms with Gasteiger partial charge in [-0.15, -0.1) is 23.2 Å². The minimum Gasteiger partial charge on any atom is -0.347 e. The number of alkyl halides is 2. The van der Waals surface area contributed by atoms with Gasteiger partial charge in [0.1, 0.15) is 4.84 Å². The predicted molar refractivity (Wildman–Crippen MR) is 58.5 cm³/mol. The molecule has 0 bridgehead atoms. The van der Waals surface area contributed by atoms with Crippen molar-refractivity contribution in [1.82, 2.24) is 5.32 Å². The van der Waals surface area contributed by atoms with Crippen molar-refractivity contribution in [3.63, 3.8) is 0 Å². The van der Waals surface area contributed by atoms with E-state index in [0.717, 1.165) is 5.56 Å². The molecule has 0 spiro atoms. The molecule has 0 fully saturated rings. The third-order valence-electron chi connectivity index (χ3n) is 1.77. The standard InChI is InChI=1S/C10H11Cl2NO/c1-7(14)13-9(10(11)12)8-5-3-2-4-6-8/h2-6,9-10H,1H3,(H,13,14). The van der Waals surface area contributed by atoms with Gasteiger partial charge in [-0.1, -0.05) is 30.3 Å². The van der Waals surface area contributed by atoms with Gasteiger partial charge in [-0.3, -0.25) is 4.79 Å². The molecule has 14 heavy (non-hydrogen) atoms. The van der Waals surface area contributed by atoms with Crippen LogP contribution in [0.1, 0.15) is 18.5 Å². The molecule has 1 N–H and O–H groups in total. The van der Waals surface area contributed by atoms with E-state index in [2.05, 4.69) is 5.32 Å². The van der Waals surface area contributed by atoms with E-state index in [1.807, 2.05) is 30.3 Å². The summed E-state index contributed by atoms with van der Waals surface area (Å²) in [6, 6.07) is 9.04. The Bertz CT molecular complexity index is 300. The Morgan fingerprint density at radius 3 is 2.29 bits per heavy atom. The molecule has 0 heterocycles. The van der Waals surface area contributed by atoms with E-state index in [1.54, 1.807) is 0 Å². The molecule has 76 valence electrons. The molecule has 1 atom stereocenters. The van der Waals surface area contributed by atoms with Gasteiger partial charge >= 0.3 is 0 Å². The molecular formula is C10H11Cl2NO. The summed E-state index contributed by atoms with van der Waals surface area (Å²) in [5, 5.41) is 2.69. The van der Waals surface area contributed by atoms with Gasteiger partial charge in [-0.25, -0.2) is 0 Å². The number of hydrogen-bond donors (Lipinski definition) is 1. The van der Waals surface area contributed by atoms with Crippen molar-refractivity contribution in [2.75, 3.05) is 0 Å². The molecule has 0 saturated carbocycles. The third-order valence-corrected chi connectivity index (χ3v) is 2.27. The fraction of sp³-hybridized carbons (Fsp3) is 0.300. The van der Waals surface area contributed by atoms with E-state index in [9.17, 15) is 4.79 Å². The zero-order chi connectivity index (χ0) is 10.6.